The molecule has 0 aliphatic heterocycles. The van der Waals surface area contributed by atoms with Crippen LogP contribution in [0, 0.1) is 6.92 Å². The fourth-order valence-electron chi connectivity index (χ4n) is 2.10. The van der Waals surface area contributed by atoms with E-state index in [-0.39, 0.29) is 0 Å². The van der Waals surface area contributed by atoms with Crippen molar-refractivity contribution in [2.45, 2.75) is 25.7 Å². The van der Waals surface area contributed by atoms with Crippen LogP contribution >= 0.6 is 0 Å². The van der Waals surface area contributed by atoms with Crippen molar-refractivity contribution in [3.05, 3.63) is 47.8 Å². The summed E-state index contributed by atoms with van der Waals surface area (Å²) >= 11 is 0. The van der Waals surface area contributed by atoms with Gasteiger partial charge in [0.1, 0.15) is 0 Å². The van der Waals surface area contributed by atoms with Crippen LogP contribution in [0.15, 0.2) is 36.4 Å². The second-order valence-corrected chi connectivity index (χ2v) is 5.04. The number of anilines is 2. The lowest BCUT2D eigenvalue weighted by atomic mass is 10.2. The molecule has 0 amide bonds. The van der Waals surface area contributed by atoms with E-state index in [1.807, 2.05) is 49.3 Å². The van der Waals surface area contributed by atoms with Crippen LogP contribution in [-0.2, 0) is 0 Å². The summed E-state index contributed by atoms with van der Waals surface area (Å²) in [6.45, 7) is 2.02. The van der Waals surface area contributed by atoms with Crippen molar-refractivity contribution in [3.8, 4) is 0 Å². The van der Waals surface area contributed by atoms with Crippen molar-refractivity contribution in [3.63, 3.8) is 0 Å². The summed E-state index contributed by atoms with van der Waals surface area (Å²) in [7, 11) is 1.97. The van der Waals surface area contributed by atoms with Gasteiger partial charge in [-0.25, -0.2) is 9.97 Å². The first-order valence-electron chi connectivity index (χ1n) is 6.63. The van der Waals surface area contributed by atoms with Crippen molar-refractivity contribution < 1.29 is 0 Å². The van der Waals surface area contributed by atoms with Gasteiger partial charge >= 0.3 is 0 Å². The average Bonchev–Trinajstić information content (AvgIpc) is 3.23. The van der Waals surface area contributed by atoms with Crippen LogP contribution in [0.5, 0.6) is 0 Å². The Labute approximate surface area is 113 Å². The number of hydrogen-bond acceptors (Lipinski definition) is 4. The summed E-state index contributed by atoms with van der Waals surface area (Å²) in [5.74, 6) is 1.32. The molecule has 0 atom stereocenters. The molecule has 3 rings (SSSR count). The molecule has 0 unspecified atom stereocenters. The molecule has 19 heavy (non-hydrogen) atoms. The van der Waals surface area contributed by atoms with Gasteiger partial charge in [0.25, 0.3) is 0 Å². The molecule has 0 bridgehead atoms. The number of nitrogens with zero attached hydrogens (tertiary/aromatic N) is 3. The van der Waals surface area contributed by atoms with E-state index in [4.69, 9.17) is 0 Å². The van der Waals surface area contributed by atoms with Gasteiger partial charge in [-0.1, -0.05) is 18.2 Å². The zero-order valence-electron chi connectivity index (χ0n) is 11.3. The Hall–Kier alpha value is -2.10. The highest BCUT2D eigenvalue weighted by Crippen LogP contribution is 2.39. The number of rotatable bonds is 4. The van der Waals surface area contributed by atoms with Crippen molar-refractivity contribution in [2.75, 3.05) is 17.5 Å². The second kappa shape index (κ2) is 4.88. The molecule has 4 heteroatoms. The van der Waals surface area contributed by atoms with Crippen molar-refractivity contribution in [2.24, 2.45) is 0 Å². The van der Waals surface area contributed by atoms with Gasteiger partial charge in [-0.15, -0.1) is 0 Å². The minimum absolute atomic E-state index is 0.643. The summed E-state index contributed by atoms with van der Waals surface area (Å²) in [6.07, 6.45) is 2.51. The molecule has 1 saturated carbocycles. The van der Waals surface area contributed by atoms with Crippen LogP contribution in [0.25, 0.3) is 0 Å². The maximum Gasteiger partial charge on any atom is 0.242 e. The molecule has 4 nitrogen and oxygen atoms in total. The maximum absolute atomic E-state index is 4.60. The maximum atomic E-state index is 4.60. The van der Waals surface area contributed by atoms with Gasteiger partial charge in [-0.3, -0.25) is 10.4 Å². The van der Waals surface area contributed by atoms with Crippen molar-refractivity contribution >= 4 is 11.6 Å². The first-order valence-corrected chi connectivity index (χ1v) is 6.63. The molecule has 1 aromatic carbocycles. The van der Waals surface area contributed by atoms with E-state index in [0.29, 0.717) is 11.9 Å². The van der Waals surface area contributed by atoms with Gasteiger partial charge in [-0.05, 0) is 38.0 Å². The van der Waals surface area contributed by atoms with E-state index in [9.17, 15) is 0 Å². The van der Waals surface area contributed by atoms with Crippen LogP contribution in [0.1, 0.15) is 30.1 Å². The molecular weight excluding hydrogens is 236 g/mol. The van der Waals surface area contributed by atoms with Crippen LogP contribution in [0.4, 0.5) is 11.6 Å². The van der Waals surface area contributed by atoms with Crippen molar-refractivity contribution in [1.82, 2.24) is 9.97 Å². The van der Waals surface area contributed by atoms with Crippen LogP contribution in [0.2, 0.25) is 0 Å². The second-order valence-electron chi connectivity index (χ2n) is 5.04. The zero-order valence-corrected chi connectivity index (χ0v) is 11.3. The first-order chi connectivity index (χ1) is 9.22. The van der Waals surface area contributed by atoms with E-state index in [1.54, 1.807) is 0 Å². The zero-order chi connectivity index (χ0) is 13.2. The van der Waals surface area contributed by atoms with E-state index < -0.39 is 0 Å². The third-order valence-electron chi connectivity index (χ3n) is 3.28. The molecule has 1 N–H and O–H groups in total. The number of para-hydroxylation sites is 1. The molecule has 98 valence electrons. The molecule has 0 saturated heterocycles. The third-order valence-corrected chi connectivity index (χ3v) is 3.28. The normalized spacial score (nSPS) is 14.2. The standard InChI is InChI=1S/C15H18N4/c1-11-10-14(12-8-9-12)17-15(16-11)18-19(2)13-6-4-3-5-7-13/h3-7,10,12H,8-9H2,1-2H3,(H,16,17,18). The number of aromatic nitrogens is 2. The van der Waals surface area contributed by atoms with E-state index in [2.05, 4.69) is 21.5 Å². The van der Waals surface area contributed by atoms with Crippen molar-refractivity contribution in [1.29, 1.82) is 0 Å². The van der Waals surface area contributed by atoms with E-state index >= 15 is 0 Å². The Kier molecular flexibility index (Phi) is 3.07. The molecule has 1 fully saturated rings. The van der Waals surface area contributed by atoms with Crippen LogP contribution in [0.3, 0.4) is 0 Å². The van der Waals surface area contributed by atoms with Gasteiger partial charge in [0, 0.05) is 24.4 Å². The summed E-state index contributed by atoms with van der Waals surface area (Å²) in [5, 5.41) is 1.94. The SMILES string of the molecule is Cc1cc(C2CC2)nc(NN(C)c2ccccc2)n1. The number of hydrogen-bond donors (Lipinski definition) is 1. The van der Waals surface area contributed by atoms with Gasteiger partial charge in [0.15, 0.2) is 0 Å². The molecule has 0 spiro atoms. The summed E-state index contributed by atoms with van der Waals surface area (Å²) in [6, 6.07) is 12.2. The largest absolute Gasteiger partial charge is 0.288 e. The van der Waals surface area contributed by atoms with E-state index in [1.165, 1.54) is 12.8 Å². The van der Waals surface area contributed by atoms with Crippen LogP contribution in [-0.4, -0.2) is 17.0 Å². The molecular formula is C15H18N4. The lowest BCUT2D eigenvalue weighted by Crippen LogP contribution is -2.26. The summed E-state index contributed by atoms with van der Waals surface area (Å²) in [5.41, 5.74) is 6.50. The summed E-state index contributed by atoms with van der Waals surface area (Å²) < 4.78 is 0. The molecule has 1 aliphatic rings. The Balaban J connectivity index is 1.79. The number of nitrogens with one attached hydrogen (secondary N) is 1. The first kappa shape index (κ1) is 12.0. The van der Waals surface area contributed by atoms with Gasteiger partial charge in [0.05, 0.1) is 5.69 Å². The molecule has 0 radical (unpaired) electrons. The minimum Gasteiger partial charge on any atom is -0.288 e. The third kappa shape index (κ3) is 2.84. The van der Waals surface area contributed by atoms with Gasteiger partial charge < -0.3 is 0 Å². The predicted molar refractivity (Wildman–Crippen MR) is 77.2 cm³/mol. The van der Waals surface area contributed by atoms with E-state index in [0.717, 1.165) is 17.1 Å². The Morgan fingerprint density at radius 2 is 1.89 bits per heavy atom. The van der Waals surface area contributed by atoms with Gasteiger partial charge in [-0.2, -0.15) is 0 Å². The monoisotopic (exact) mass is 254 g/mol. The fraction of sp³-hybridized carbons (Fsp3) is 0.333. The quantitative estimate of drug-likeness (QED) is 0.851. The highest BCUT2D eigenvalue weighted by atomic mass is 15.5. The van der Waals surface area contributed by atoms with Gasteiger partial charge in [0.2, 0.25) is 5.95 Å². The lowest BCUT2D eigenvalue weighted by molar-refractivity contribution is 0.940. The number of aryl methyl sites for hydroxylation is 1. The summed E-state index contributed by atoms with van der Waals surface area (Å²) in [4.78, 5) is 9.04. The molecule has 2 aromatic rings. The number of hydrazine groups is 1. The highest BCUT2D eigenvalue weighted by molar-refractivity contribution is 5.50. The number of benzene rings is 1. The molecule has 1 aliphatic carbocycles. The Morgan fingerprint density at radius 1 is 1.16 bits per heavy atom. The smallest absolute Gasteiger partial charge is 0.242 e. The van der Waals surface area contributed by atoms with Crippen LogP contribution < -0.4 is 10.4 Å². The topological polar surface area (TPSA) is 41.1 Å². The predicted octanol–water partition coefficient (Wildman–Crippen LogP) is 3.13. The highest BCUT2D eigenvalue weighted by Gasteiger charge is 2.25. The Morgan fingerprint density at radius 3 is 2.58 bits per heavy atom. The average molecular weight is 254 g/mol. The minimum atomic E-state index is 0.643. The molecule has 1 heterocycles. The fourth-order valence-corrected chi connectivity index (χ4v) is 2.10. The molecule has 1 aromatic heterocycles. The lowest BCUT2D eigenvalue weighted by Gasteiger charge is -2.20. The Bertz CT molecular complexity index is 564.